The second kappa shape index (κ2) is 12.4. The summed E-state index contributed by atoms with van der Waals surface area (Å²) < 4.78 is 221. The minimum absolute atomic E-state index is 0.121. The molecule has 0 nitrogen and oxygen atoms in total. The Hall–Kier alpha value is -1.38. The molecular formula is C22H28F16. The molecule has 0 spiro atoms. The molecule has 0 rings (SSSR count). The monoisotopic (exact) mass is 596 g/mol. The lowest BCUT2D eigenvalue weighted by atomic mass is 9.86. The van der Waals surface area contributed by atoms with Crippen molar-refractivity contribution in [2.24, 2.45) is 0 Å². The van der Waals surface area contributed by atoms with Crippen molar-refractivity contribution in [2.75, 3.05) is 0 Å². The quantitative estimate of drug-likeness (QED) is 0.0839. The Balaban J connectivity index is 6.13. The molecule has 0 radical (unpaired) electrons. The Labute approximate surface area is 208 Å². The van der Waals surface area contributed by atoms with Crippen LogP contribution in [-0.4, -0.2) is 47.4 Å². The van der Waals surface area contributed by atoms with Gasteiger partial charge in [-0.3, -0.25) is 0 Å². The summed E-state index contributed by atoms with van der Waals surface area (Å²) in [7, 11) is 0. The van der Waals surface area contributed by atoms with Gasteiger partial charge < -0.3 is 0 Å². The van der Waals surface area contributed by atoms with Crippen LogP contribution in [0.2, 0.25) is 0 Å². The first-order valence-corrected chi connectivity index (χ1v) is 11.5. The first-order valence-electron chi connectivity index (χ1n) is 11.5. The van der Waals surface area contributed by atoms with Gasteiger partial charge in [-0.05, 0) is 19.8 Å². The Bertz CT molecular complexity index is 754. The Morgan fingerprint density at radius 1 is 0.421 bits per heavy atom. The van der Waals surface area contributed by atoms with Crippen molar-refractivity contribution in [3.8, 4) is 0 Å². The molecular weight excluding hydrogens is 568 g/mol. The van der Waals surface area contributed by atoms with Gasteiger partial charge in [0.15, 0.2) is 0 Å². The molecule has 0 aliphatic carbocycles. The second-order valence-corrected chi connectivity index (χ2v) is 8.83. The maximum Gasteiger partial charge on any atom is 0.384 e. The lowest BCUT2D eigenvalue weighted by Crippen LogP contribution is -2.74. The minimum Gasteiger partial charge on any atom is -0.200 e. The molecule has 0 N–H and O–H groups in total. The highest BCUT2D eigenvalue weighted by Crippen LogP contribution is 2.64. The third-order valence-electron chi connectivity index (χ3n) is 5.85. The second-order valence-electron chi connectivity index (χ2n) is 8.83. The van der Waals surface area contributed by atoms with Gasteiger partial charge in [0, 0.05) is 12.8 Å². The molecule has 0 bridgehead atoms. The third-order valence-corrected chi connectivity index (χ3v) is 5.85. The molecule has 0 amide bonds. The molecule has 38 heavy (non-hydrogen) atoms. The van der Waals surface area contributed by atoms with Crippen LogP contribution in [0, 0.1) is 0 Å². The van der Waals surface area contributed by atoms with E-state index in [0.717, 1.165) is 25.8 Å². The number of unbranched alkanes of at least 4 members (excludes halogenated alkanes) is 6. The zero-order chi connectivity index (χ0) is 30.5. The molecule has 0 atom stereocenters. The number of rotatable bonds is 18. The van der Waals surface area contributed by atoms with E-state index in [2.05, 4.69) is 0 Å². The fraction of sp³-hybridized carbons (Fsp3) is 0.909. The van der Waals surface area contributed by atoms with E-state index in [4.69, 9.17) is 0 Å². The average Bonchev–Trinajstić information content (AvgIpc) is 2.77. The summed E-state index contributed by atoms with van der Waals surface area (Å²) in [6, 6.07) is 0. The standard InChI is InChI=1S/C22H28F16/c1-3-5-7-8-9-10-12-14-16(25,26)18(29,30)20(33,34)22(37,38)21(35,36)19(31,32)17(27,28)15(23,24)13-11-6-4-2/h4,6H,3,5,7-14H2,1-2H3. The van der Waals surface area contributed by atoms with Crippen LogP contribution in [0.5, 0.6) is 0 Å². The van der Waals surface area contributed by atoms with Crippen LogP contribution >= 0.6 is 0 Å². The predicted molar refractivity (Wildman–Crippen MR) is 106 cm³/mol. The minimum atomic E-state index is -8.35. The van der Waals surface area contributed by atoms with Gasteiger partial charge in [-0.25, -0.2) is 0 Å². The van der Waals surface area contributed by atoms with Gasteiger partial charge in [0.05, 0.1) is 0 Å². The smallest absolute Gasteiger partial charge is 0.200 e. The average molecular weight is 596 g/mol. The maximum absolute atomic E-state index is 13.9. The van der Waals surface area contributed by atoms with Crippen LogP contribution < -0.4 is 0 Å². The molecule has 0 unspecified atom stereocenters. The van der Waals surface area contributed by atoms with Crippen LogP contribution in [0.1, 0.15) is 78.1 Å². The van der Waals surface area contributed by atoms with Crippen LogP contribution in [-0.2, 0) is 0 Å². The molecule has 0 saturated carbocycles. The molecule has 0 aliphatic rings. The molecule has 0 heterocycles. The molecule has 0 aromatic heterocycles. The summed E-state index contributed by atoms with van der Waals surface area (Å²) in [4.78, 5) is 0. The van der Waals surface area contributed by atoms with E-state index in [1.54, 1.807) is 0 Å². The van der Waals surface area contributed by atoms with Gasteiger partial charge in [-0.2, -0.15) is 70.2 Å². The Morgan fingerprint density at radius 2 is 0.737 bits per heavy atom. The van der Waals surface area contributed by atoms with E-state index in [-0.39, 0.29) is 12.8 Å². The summed E-state index contributed by atoms with van der Waals surface area (Å²) in [6.45, 7) is 2.95. The van der Waals surface area contributed by atoms with Gasteiger partial charge in [-0.15, -0.1) is 0 Å². The maximum atomic E-state index is 13.9. The van der Waals surface area contributed by atoms with Gasteiger partial charge in [0.1, 0.15) is 0 Å². The van der Waals surface area contributed by atoms with Crippen LogP contribution in [0.15, 0.2) is 12.2 Å². The van der Waals surface area contributed by atoms with Gasteiger partial charge in [-0.1, -0.05) is 57.6 Å². The number of halogens is 16. The highest BCUT2D eigenvalue weighted by atomic mass is 19.4. The largest absolute Gasteiger partial charge is 0.384 e. The van der Waals surface area contributed by atoms with Crippen molar-refractivity contribution in [3.63, 3.8) is 0 Å². The van der Waals surface area contributed by atoms with E-state index in [9.17, 15) is 70.2 Å². The number of hydrogen-bond donors (Lipinski definition) is 0. The van der Waals surface area contributed by atoms with Crippen LogP contribution in [0.3, 0.4) is 0 Å². The fourth-order valence-electron chi connectivity index (χ4n) is 3.30. The van der Waals surface area contributed by atoms with E-state index < -0.39 is 73.1 Å². The summed E-state index contributed by atoms with van der Waals surface area (Å²) in [5.41, 5.74) is 0. The first-order chi connectivity index (χ1) is 16.9. The molecule has 0 aliphatic heterocycles. The number of allylic oxidation sites excluding steroid dienone is 2. The molecule has 0 aromatic rings. The first kappa shape index (κ1) is 36.6. The van der Waals surface area contributed by atoms with Crippen molar-refractivity contribution in [2.45, 2.75) is 125 Å². The molecule has 228 valence electrons. The summed E-state index contributed by atoms with van der Waals surface area (Å²) in [6.07, 6.45) is -2.99. The van der Waals surface area contributed by atoms with E-state index >= 15 is 0 Å². The molecule has 0 fully saturated rings. The van der Waals surface area contributed by atoms with Crippen molar-refractivity contribution in [1.82, 2.24) is 0 Å². The normalized spacial score (nSPS) is 15.5. The van der Waals surface area contributed by atoms with Crippen LogP contribution in [0.25, 0.3) is 0 Å². The summed E-state index contributed by atoms with van der Waals surface area (Å²) >= 11 is 0. The molecule has 0 saturated heterocycles. The van der Waals surface area contributed by atoms with Gasteiger partial charge in [0.25, 0.3) is 0 Å². The fourth-order valence-corrected chi connectivity index (χ4v) is 3.30. The highest BCUT2D eigenvalue weighted by molar-refractivity contribution is 5.16. The third kappa shape index (κ3) is 6.49. The van der Waals surface area contributed by atoms with E-state index in [1.165, 1.54) is 0 Å². The zero-order valence-corrected chi connectivity index (χ0v) is 20.3. The Kier molecular flexibility index (Phi) is 12.0. The Morgan fingerprint density at radius 3 is 1.11 bits per heavy atom. The summed E-state index contributed by atoms with van der Waals surface area (Å²) in [5.74, 6) is -60.3. The van der Waals surface area contributed by atoms with Gasteiger partial charge >= 0.3 is 47.4 Å². The highest BCUT2D eigenvalue weighted by Gasteiger charge is 2.94. The van der Waals surface area contributed by atoms with Crippen molar-refractivity contribution in [1.29, 1.82) is 0 Å². The number of alkyl halides is 16. The van der Waals surface area contributed by atoms with Gasteiger partial charge in [0.2, 0.25) is 0 Å². The van der Waals surface area contributed by atoms with Crippen LogP contribution in [0.4, 0.5) is 70.2 Å². The van der Waals surface area contributed by atoms with Crippen molar-refractivity contribution < 1.29 is 70.2 Å². The lowest BCUT2D eigenvalue weighted by molar-refractivity contribution is -0.453. The topological polar surface area (TPSA) is 0 Å². The molecule has 16 heteroatoms. The number of hydrogen-bond acceptors (Lipinski definition) is 0. The van der Waals surface area contributed by atoms with E-state index in [0.29, 0.717) is 18.9 Å². The molecule has 0 aromatic carbocycles. The van der Waals surface area contributed by atoms with Crippen molar-refractivity contribution in [3.05, 3.63) is 12.2 Å². The summed E-state index contributed by atoms with van der Waals surface area (Å²) in [5, 5.41) is 0. The lowest BCUT2D eigenvalue weighted by Gasteiger charge is -2.43. The predicted octanol–water partition coefficient (Wildman–Crippen LogP) is 10.6. The zero-order valence-electron chi connectivity index (χ0n) is 20.3. The van der Waals surface area contributed by atoms with E-state index in [1.807, 2.05) is 6.92 Å². The SMILES string of the molecule is CC=CCCC(F)(F)C(F)(F)C(F)(F)C(F)(F)C(F)(F)C(F)(F)C(F)(F)C(F)(F)CCCCCCCCC. The van der Waals surface area contributed by atoms with Crippen molar-refractivity contribution >= 4 is 0 Å².